The van der Waals surface area contributed by atoms with E-state index >= 15 is 0 Å². The Hall–Kier alpha value is -2.49. The summed E-state index contributed by atoms with van der Waals surface area (Å²) in [6.07, 6.45) is -4.05. The highest BCUT2D eigenvalue weighted by molar-refractivity contribution is 6.08. The SMILES string of the molecule is CN1CCN(c2nc3ccc(C(F)(F)C(F)(F)F)cc3c3cn(C)nc23)CC1. The van der Waals surface area contributed by atoms with Crippen LogP contribution in [0.4, 0.5) is 27.8 Å². The van der Waals surface area contributed by atoms with E-state index < -0.39 is 17.7 Å². The molecule has 10 heteroatoms. The number of piperazine rings is 1. The molecule has 3 aromatic rings. The van der Waals surface area contributed by atoms with Crippen LogP contribution in [0.15, 0.2) is 24.4 Å². The molecule has 0 spiro atoms. The molecule has 1 aromatic carbocycles. The van der Waals surface area contributed by atoms with E-state index in [4.69, 9.17) is 0 Å². The molecule has 28 heavy (non-hydrogen) atoms. The Bertz CT molecular complexity index is 1030. The average molecular weight is 399 g/mol. The first kappa shape index (κ1) is 18.9. The fourth-order valence-electron chi connectivity index (χ4n) is 3.46. The predicted molar refractivity (Wildman–Crippen MR) is 95.7 cm³/mol. The lowest BCUT2D eigenvalue weighted by atomic mass is 10.0. The maximum Gasteiger partial charge on any atom is 0.458 e. The smallest absolute Gasteiger partial charge is 0.352 e. The van der Waals surface area contributed by atoms with Crippen molar-refractivity contribution in [2.45, 2.75) is 12.1 Å². The van der Waals surface area contributed by atoms with Crippen LogP contribution in [0.5, 0.6) is 0 Å². The third kappa shape index (κ3) is 2.95. The normalized spacial score (nSPS) is 17.0. The van der Waals surface area contributed by atoms with Crippen molar-refractivity contribution in [1.29, 1.82) is 0 Å². The number of nitrogens with zero attached hydrogens (tertiary/aromatic N) is 5. The van der Waals surface area contributed by atoms with Crippen molar-refractivity contribution < 1.29 is 22.0 Å². The van der Waals surface area contributed by atoms with Crippen LogP contribution in [0, 0.1) is 0 Å². The van der Waals surface area contributed by atoms with E-state index in [9.17, 15) is 22.0 Å². The zero-order valence-corrected chi connectivity index (χ0v) is 15.3. The Morgan fingerprint density at radius 3 is 2.25 bits per heavy atom. The minimum atomic E-state index is -5.66. The van der Waals surface area contributed by atoms with Crippen molar-refractivity contribution in [3.63, 3.8) is 0 Å². The number of benzene rings is 1. The number of fused-ring (bicyclic) bond motifs is 3. The van der Waals surface area contributed by atoms with Gasteiger partial charge in [-0.2, -0.15) is 27.1 Å². The summed E-state index contributed by atoms with van der Waals surface area (Å²) in [6.45, 7) is 3.13. The summed E-state index contributed by atoms with van der Waals surface area (Å²) in [5.74, 6) is -4.32. The van der Waals surface area contributed by atoms with E-state index in [1.54, 1.807) is 13.2 Å². The first-order valence-corrected chi connectivity index (χ1v) is 8.73. The molecule has 1 aliphatic rings. The number of likely N-dealkylation sites (N-methyl/N-ethyl adjacent to an activating group) is 1. The minimum Gasteiger partial charge on any atom is -0.352 e. The van der Waals surface area contributed by atoms with Crippen LogP contribution >= 0.6 is 0 Å². The summed E-state index contributed by atoms with van der Waals surface area (Å²) >= 11 is 0. The Balaban J connectivity index is 1.90. The van der Waals surface area contributed by atoms with Gasteiger partial charge in [-0.15, -0.1) is 0 Å². The molecule has 0 atom stereocenters. The van der Waals surface area contributed by atoms with Crippen molar-refractivity contribution in [3.05, 3.63) is 30.0 Å². The second kappa shape index (κ2) is 6.26. The van der Waals surface area contributed by atoms with Crippen molar-refractivity contribution in [3.8, 4) is 0 Å². The predicted octanol–water partition coefficient (Wildman–Crippen LogP) is 3.53. The van der Waals surface area contributed by atoms with E-state index in [2.05, 4.69) is 19.9 Å². The fraction of sp³-hybridized carbons (Fsp3) is 0.444. The summed E-state index contributed by atoms with van der Waals surface area (Å²) in [5.41, 5.74) is -0.255. The molecule has 5 nitrogen and oxygen atoms in total. The fourth-order valence-corrected chi connectivity index (χ4v) is 3.46. The van der Waals surface area contributed by atoms with Gasteiger partial charge in [0.25, 0.3) is 0 Å². The van der Waals surface area contributed by atoms with Gasteiger partial charge >= 0.3 is 12.1 Å². The minimum absolute atomic E-state index is 0.224. The van der Waals surface area contributed by atoms with Crippen molar-refractivity contribution >= 4 is 27.6 Å². The van der Waals surface area contributed by atoms with Gasteiger partial charge in [0.1, 0.15) is 5.52 Å². The molecule has 3 heterocycles. The van der Waals surface area contributed by atoms with Gasteiger partial charge in [-0.25, -0.2) is 4.98 Å². The van der Waals surface area contributed by atoms with Crippen LogP contribution in [0.2, 0.25) is 0 Å². The highest BCUT2D eigenvalue weighted by atomic mass is 19.4. The maximum absolute atomic E-state index is 13.8. The first-order chi connectivity index (χ1) is 13.1. The molecule has 1 aliphatic heterocycles. The van der Waals surface area contributed by atoms with Crippen LogP contribution in [0.3, 0.4) is 0 Å². The highest BCUT2D eigenvalue weighted by Gasteiger charge is 2.58. The molecule has 1 saturated heterocycles. The summed E-state index contributed by atoms with van der Waals surface area (Å²) in [7, 11) is 3.69. The number of hydrogen-bond donors (Lipinski definition) is 0. The average Bonchev–Trinajstić information content (AvgIpc) is 3.02. The van der Waals surface area contributed by atoms with Gasteiger partial charge in [0.05, 0.1) is 5.52 Å². The van der Waals surface area contributed by atoms with E-state index in [-0.39, 0.29) is 5.39 Å². The highest BCUT2D eigenvalue weighted by Crippen LogP contribution is 2.45. The molecule has 150 valence electrons. The molecular weight excluding hydrogens is 381 g/mol. The lowest BCUT2D eigenvalue weighted by molar-refractivity contribution is -0.289. The van der Waals surface area contributed by atoms with Gasteiger partial charge in [0.2, 0.25) is 0 Å². The summed E-state index contributed by atoms with van der Waals surface area (Å²) in [5, 5.41) is 5.11. The number of aromatic nitrogens is 3. The lowest BCUT2D eigenvalue weighted by Gasteiger charge is -2.33. The Kier molecular flexibility index (Phi) is 4.22. The van der Waals surface area contributed by atoms with Crippen LogP contribution in [0.25, 0.3) is 21.8 Å². The van der Waals surface area contributed by atoms with Gasteiger partial charge in [-0.1, -0.05) is 6.07 Å². The van der Waals surface area contributed by atoms with Gasteiger partial charge in [-0.3, -0.25) is 4.68 Å². The molecule has 0 radical (unpaired) electrons. The molecule has 0 amide bonds. The van der Waals surface area contributed by atoms with Crippen molar-refractivity contribution in [2.24, 2.45) is 7.05 Å². The van der Waals surface area contributed by atoms with Crippen LogP contribution < -0.4 is 4.90 Å². The molecule has 0 unspecified atom stereocenters. The number of aryl methyl sites for hydroxylation is 1. The number of anilines is 1. The molecule has 1 fully saturated rings. The number of alkyl halides is 5. The first-order valence-electron chi connectivity index (χ1n) is 8.73. The second-order valence-corrected chi connectivity index (χ2v) is 7.09. The lowest BCUT2D eigenvalue weighted by Crippen LogP contribution is -2.44. The molecule has 2 aromatic heterocycles. The largest absolute Gasteiger partial charge is 0.458 e. The molecule has 0 N–H and O–H groups in total. The zero-order chi connectivity index (χ0) is 20.3. The number of halogens is 5. The number of hydrogen-bond acceptors (Lipinski definition) is 4. The van der Waals surface area contributed by atoms with Gasteiger partial charge < -0.3 is 9.80 Å². The van der Waals surface area contributed by atoms with Gasteiger partial charge in [-0.05, 0) is 19.2 Å². The monoisotopic (exact) mass is 399 g/mol. The molecule has 0 aliphatic carbocycles. The topological polar surface area (TPSA) is 37.2 Å². The van der Waals surface area contributed by atoms with Crippen molar-refractivity contribution in [2.75, 3.05) is 38.1 Å². The Morgan fingerprint density at radius 1 is 0.929 bits per heavy atom. The van der Waals surface area contributed by atoms with E-state index in [0.717, 1.165) is 38.3 Å². The van der Waals surface area contributed by atoms with Crippen LogP contribution in [-0.4, -0.2) is 59.1 Å². The standard InChI is InChI=1S/C18H18F5N5/c1-26-5-7-28(8-6-26)16-15-13(10-27(2)25-15)12-9-11(3-4-14(12)24-16)17(19,20)18(21,22)23/h3-4,9-10H,5-8H2,1-2H3. The van der Waals surface area contributed by atoms with E-state index in [0.29, 0.717) is 22.2 Å². The van der Waals surface area contributed by atoms with Gasteiger partial charge in [0.15, 0.2) is 5.82 Å². The third-order valence-corrected chi connectivity index (χ3v) is 5.08. The summed E-state index contributed by atoms with van der Waals surface area (Å²) in [6, 6.07) is 2.88. The number of rotatable bonds is 2. The second-order valence-electron chi connectivity index (χ2n) is 7.09. The Morgan fingerprint density at radius 2 is 1.61 bits per heavy atom. The summed E-state index contributed by atoms with van der Waals surface area (Å²) in [4.78, 5) is 8.80. The maximum atomic E-state index is 13.8. The summed E-state index contributed by atoms with van der Waals surface area (Å²) < 4.78 is 67.5. The van der Waals surface area contributed by atoms with Crippen LogP contribution in [-0.2, 0) is 13.0 Å². The van der Waals surface area contributed by atoms with E-state index in [1.165, 1.54) is 10.7 Å². The number of pyridine rings is 1. The van der Waals surface area contributed by atoms with Crippen LogP contribution in [0.1, 0.15) is 5.56 Å². The molecular formula is C18H18F5N5. The Labute approximate surface area is 157 Å². The zero-order valence-electron chi connectivity index (χ0n) is 15.3. The van der Waals surface area contributed by atoms with Gasteiger partial charge in [0, 0.05) is 55.8 Å². The van der Waals surface area contributed by atoms with Crippen molar-refractivity contribution in [1.82, 2.24) is 19.7 Å². The third-order valence-electron chi connectivity index (χ3n) is 5.08. The quantitative estimate of drug-likeness (QED) is 0.618. The molecule has 4 rings (SSSR count). The molecule has 0 saturated carbocycles. The van der Waals surface area contributed by atoms with E-state index in [1.807, 2.05) is 7.05 Å². The molecule has 0 bridgehead atoms.